The van der Waals surface area contributed by atoms with Crippen LogP contribution in [-0.2, 0) is 0 Å². The second kappa shape index (κ2) is 10.4. The van der Waals surface area contributed by atoms with Crippen LogP contribution in [0.5, 0.6) is 0 Å². The lowest BCUT2D eigenvalue weighted by molar-refractivity contribution is 0.161. The summed E-state index contributed by atoms with van der Waals surface area (Å²) in [6.45, 7) is 7.82. The fourth-order valence-electron chi connectivity index (χ4n) is 1.32. The van der Waals surface area contributed by atoms with Gasteiger partial charge < -0.3 is 10.0 Å². The number of aliphatic hydroxyl groups excluding tert-OH is 1. The maximum absolute atomic E-state index is 9.43. The molecule has 0 aromatic rings. The fourth-order valence-corrected chi connectivity index (χ4v) is 2.69. The van der Waals surface area contributed by atoms with E-state index in [1.54, 1.807) is 11.8 Å². The van der Waals surface area contributed by atoms with Crippen LogP contribution in [-0.4, -0.2) is 39.3 Å². The van der Waals surface area contributed by atoms with Gasteiger partial charge in [-0.05, 0) is 19.8 Å². The molecule has 16 heavy (non-hydrogen) atoms. The van der Waals surface area contributed by atoms with Crippen LogP contribution >= 0.6 is 24.0 Å². The Morgan fingerprint density at radius 3 is 2.44 bits per heavy atom. The molecule has 0 aromatic heterocycles. The number of unbranched alkanes of at least 4 members (excludes halogenated alkanes) is 2. The highest BCUT2D eigenvalue weighted by Crippen LogP contribution is 2.13. The topological polar surface area (TPSA) is 23.5 Å². The molecule has 0 spiro atoms. The van der Waals surface area contributed by atoms with Crippen molar-refractivity contribution in [3.05, 3.63) is 0 Å². The average Bonchev–Trinajstić information content (AvgIpc) is 2.23. The van der Waals surface area contributed by atoms with E-state index in [0.29, 0.717) is 6.54 Å². The highest BCUT2D eigenvalue weighted by Gasteiger charge is 2.11. The fraction of sp³-hybridized carbons (Fsp3) is 0.917. The van der Waals surface area contributed by atoms with Crippen molar-refractivity contribution in [2.24, 2.45) is 0 Å². The highest BCUT2D eigenvalue weighted by molar-refractivity contribution is 8.22. The van der Waals surface area contributed by atoms with Crippen molar-refractivity contribution in [2.45, 2.75) is 52.6 Å². The Bertz CT molecular complexity index is 186. The van der Waals surface area contributed by atoms with Gasteiger partial charge in [0.05, 0.1) is 6.10 Å². The van der Waals surface area contributed by atoms with Crippen molar-refractivity contribution < 1.29 is 5.11 Å². The van der Waals surface area contributed by atoms with Crippen molar-refractivity contribution in [3.8, 4) is 0 Å². The number of hydrogen-bond donors (Lipinski definition) is 1. The summed E-state index contributed by atoms with van der Waals surface area (Å²) < 4.78 is 0.947. The maximum Gasteiger partial charge on any atom is 0.136 e. The smallest absolute Gasteiger partial charge is 0.136 e. The largest absolute Gasteiger partial charge is 0.392 e. The van der Waals surface area contributed by atoms with Gasteiger partial charge in [-0.2, -0.15) is 0 Å². The van der Waals surface area contributed by atoms with Crippen LogP contribution in [0.25, 0.3) is 0 Å². The van der Waals surface area contributed by atoms with Crippen LogP contribution in [0.3, 0.4) is 0 Å². The molecule has 4 heteroatoms. The molecule has 2 nitrogen and oxygen atoms in total. The number of thiocarbonyl (C=S) groups is 1. The molecule has 0 aliphatic rings. The number of nitrogens with zero attached hydrogens (tertiary/aromatic N) is 1. The van der Waals surface area contributed by atoms with Crippen molar-refractivity contribution in [1.29, 1.82) is 0 Å². The molecule has 96 valence electrons. The first kappa shape index (κ1) is 16.2. The lowest BCUT2D eigenvalue weighted by atomic mass is 10.3. The zero-order chi connectivity index (χ0) is 12.4. The minimum absolute atomic E-state index is 0.304. The summed E-state index contributed by atoms with van der Waals surface area (Å²) >= 11 is 7.15. The number of thioether (sulfide) groups is 1. The van der Waals surface area contributed by atoms with E-state index in [0.717, 1.165) is 23.0 Å². The van der Waals surface area contributed by atoms with Crippen LogP contribution < -0.4 is 0 Å². The van der Waals surface area contributed by atoms with E-state index in [-0.39, 0.29) is 6.10 Å². The normalized spacial score (nSPS) is 12.5. The standard InChI is InChI=1S/C12H25NOS2/c1-4-6-8-13(10-11(3)14)12(15)16-9-7-5-2/h11,14H,4-10H2,1-3H3. The van der Waals surface area contributed by atoms with Crippen LogP contribution in [0.4, 0.5) is 0 Å². The highest BCUT2D eigenvalue weighted by atomic mass is 32.2. The Labute approximate surface area is 110 Å². The van der Waals surface area contributed by atoms with E-state index in [4.69, 9.17) is 12.2 Å². The Morgan fingerprint density at radius 1 is 1.31 bits per heavy atom. The predicted octanol–water partition coefficient (Wildman–Crippen LogP) is 3.29. The molecule has 0 aromatic carbocycles. The van der Waals surface area contributed by atoms with E-state index in [9.17, 15) is 5.11 Å². The van der Waals surface area contributed by atoms with E-state index >= 15 is 0 Å². The van der Waals surface area contributed by atoms with Crippen LogP contribution in [0.1, 0.15) is 46.5 Å². The Morgan fingerprint density at radius 2 is 1.94 bits per heavy atom. The molecule has 0 aliphatic carbocycles. The van der Waals surface area contributed by atoms with Crippen molar-refractivity contribution in [3.63, 3.8) is 0 Å². The Kier molecular flexibility index (Phi) is 10.5. The summed E-state index contributed by atoms with van der Waals surface area (Å²) in [6.07, 6.45) is 4.42. The van der Waals surface area contributed by atoms with Crippen molar-refractivity contribution in [1.82, 2.24) is 4.90 Å². The molecule has 0 bridgehead atoms. The number of aliphatic hydroxyl groups is 1. The maximum atomic E-state index is 9.43. The molecular weight excluding hydrogens is 238 g/mol. The third-order valence-electron chi connectivity index (χ3n) is 2.25. The van der Waals surface area contributed by atoms with Gasteiger partial charge in [-0.25, -0.2) is 0 Å². The van der Waals surface area contributed by atoms with E-state index in [2.05, 4.69) is 18.7 Å². The lowest BCUT2D eigenvalue weighted by Gasteiger charge is -2.25. The second-order valence-electron chi connectivity index (χ2n) is 4.12. The van der Waals surface area contributed by atoms with Gasteiger partial charge in [-0.3, -0.25) is 0 Å². The molecule has 0 heterocycles. The van der Waals surface area contributed by atoms with Crippen molar-refractivity contribution >= 4 is 28.3 Å². The molecule has 0 aliphatic heterocycles. The minimum Gasteiger partial charge on any atom is -0.392 e. The zero-order valence-electron chi connectivity index (χ0n) is 10.7. The van der Waals surface area contributed by atoms with E-state index in [1.165, 1.54) is 19.3 Å². The van der Waals surface area contributed by atoms with Crippen LogP contribution in [0.15, 0.2) is 0 Å². The zero-order valence-corrected chi connectivity index (χ0v) is 12.4. The third kappa shape index (κ3) is 8.36. The minimum atomic E-state index is -0.304. The first-order valence-electron chi connectivity index (χ1n) is 6.21. The van der Waals surface area contributed by atoms with Gasteiger partial charge in [0.25, 0.3) is 0 Å². The summed E-state index contributed by atoms with van der Waals surface area (Å²) in [4.78, 5) is 2.14. The molecule has 0 fully saturated rings. The Balaban J connectivity index is 3.99. The summed E-state index contributed by atoms with van der Waals surface area (Å²) in [6, 6.07) is 0. The van der Waals surface area contributed by atoms with E-state index < -0.39 is 0 Å². The van der Waals surface area contributed by atoms with Gasteiger partial charge in [0.1, 0.15) is 4.32 Å². The molecular formula is C12H25NOS2. The first-order chi connectivity index (χ1) is 7.61. The van der Waals surface area contributed by atoms with Gasteiger partial charge in [0, 0.05) is 18.8 Å². The molecule has 0 radical (unpaired) electrons. The van der Waals surface area contributed by atoms with Gasteiger partial charge >= 0.3 is 0 Å². The van der Waals surface area contributed by atoms with E-state index in [1.807, 2.05) is 6.92 Å². The SMILES string of the molecule is CCCCSC(=S)N(CCCC)CC(C)O. The second-order valence-corrected chi connectivity index (χ2v) is 5.85. The summed E-state index contributed by atoms with van der Waals surface area (Å²) in [5, 5.41) is 9.43. The van der Waals surface area contributed by atoms with Crippen LogP contribution in [0.2, 0.25) is 0 Å². The Hall–Kier alpha value is 0.200. The molecule has 0 saturated heterocycles. The first-order valence-corrected chi connectivity index (χ1v) is 7.60. The van der Waals surface area contributed by atoms with Crippen molar-refractivity contribution in [2.75, 3.05) is 18.8 Å². The molecule has 0 rings (SSSR count). The number of hydrogen-bond acceptors (Lipinski definition) is 3. The molecule has 1 atom stereocenters. The van der Waals surface area contributed by atoms with Gasteiger partial charge in [-0.1, -0.05) is 50.7 Å². The van der Waals surface area contributed by atoms with Crippen LogP contribution in [0, 0.1) is 0 Å². The predicted molar refractivity (Wildman–Crippen MR) is 78.1 cm³/mol. The molecule has 0 amide bonds. The molecule has 1 N–H and O–H groups in total. The number of rotatable bonds is 8. The molecule has 1 unspecified atom stereocenters. The monoisotopic (exact) mass is 263 g/mol. The lowest BCUT2D eigenvalue weighted by Crippen LogP contribution is -2.34. The summed E-state index contributed by atoms with van der Waals surface area (Å²) in [5.74, 6) is 1.10. The van der Waals surface area contributed by atoms with Gasteiger partial charge in [0.15, 0.2) is 0 Å². The summed E-state index contributed by atoms with van der Waals surface area (Å²) in [7, 11) is 0. The molecule has 0 saturated carbocycles. The van der Waals surface area contributed by atoms with Gasteiger partial charge in [-0.15, -0.1) is 0 Å². The third-order valence-corrected chi connectivity index (χ3v) is 3.86. The average molecular weight is 263 g/mol. The summed E-state index contributed by atoms with van der Waals surface area (Å²) in [5.41, 5.74) is 0. The van der Waals surface area contributed by atoms with Gasteiger partial charge in [0.2, 0.25) is 0 Å². The quantitative estimate of drug-likeness (QED) is 0.536.